The van der Waals surface area contributed by atoms with E-state index < -0.39 is 11.5 Å². The molecule has 102 valence electrons. The Kier molecular flexibility index (Phi) is 3.61. The van der Waals surface area contributed by atoms with Crippen LogP contribution in [0.15, 0.2) is 0 Å². The molecular weight excluding hydrogens is 232 g/mol. The van der Waals surface area contributed by atoms with Gasteiger partial charge in [-0.3, -0.25) is 4.79 Å². The standard InChI is InChI=1S/C13H22N2O3/c1-10(2)15(9-16)13(12(17)18)5-7-14-6-3-4-11(14)8-13/h9-11H,3-8H2,1-2H3,(H,17,18). The van der Waals surface area contributed by atoms with Gasteiger partial charge in [-0.25, -0.2) is 4.79 Å². The minimum atomic E-state index is -0.999. The zero-order valence-corrected chi connectivity index (χ0v) is 11.1. The average Bonchev–Trinajstić information content (AvgIpc) is 2.76. The van der Waals surface area contributed by atoms with E-state index >= 15 is 0 Å². The Morgan fingerprint density at radius 3 is 2.78 bits per heavy atom. The molecule has 2 aliphatic heterocycles. The van der Waals surface area contributed by atoms with Crippen LogP contribution in [0.4, 0.5) is 0 Å². The Labute approximate surface area is 108 Å². The summed E-state index contributed by atoms with van der Waals surface area (Å²) in [5.41, 5.74) is -0.999. The lowest BCUT2D eigenvalue weighted by Crippen LogP contribution is -2.63. The lowest BCUT2D eigenvalue weighted by atomic mass is 9.81. The maximum Gasteiger partial charge on any atom is 0.329 e. The SMILES string of the molecule is CC(C)N(C=O)C1(C(=O)O)CCN2CCCC2C1. The molecule has 0 aromatic carbocycles. The van der Waals surface area contributed by atoms with Crippen LogP contribution < -0.4 is 0 Å². The first-order valence-electron chi connectivity index (χ1n) is 6.72. The lowest BCUT2D eigenvalue weighted by molar-refractivity contribution is -0.162. The first-order chi connectivity index (χ1) is 8.51. The van der Waals surface area contributed by atoms with Crippen LogP contribution in [0, 0.1) is 0 Å². The molecule has 2 fully saturated rings. The number of nitrogens with zero attached hydrogens (tertiary/aromatic N) is 2. The molecule has 1 N–H and O–H groups in total. The summed E-state index contributed by atoms with van der Waals surface area (Å²) in [7, 11) is 0. The Morgan fingerprint density at radius 2 is 2.22 bits per heavy atom. The Hall–Kier alpha value is -1.10. The number of carboxylic acid groups (broad SMARTS) is 1. The van der Waals surface area contributed by atoms with E-state index in [-0.39, 0.29) is 6.04 Å². The van der Waals surface area contributed by atoms with Gasteiger partial charge in [-0.15, -0.1) is 0 Å². The molecule has 5 nitrogen and oxygen atoms in total. The molecular formula is C13H22N2O3. The molecule has 0 aromatic heterocycles. The molecule has 0 radical (unpaired) electrons. The van der Waals surface area contributed by atoms with Gasteiger partial charge in [-0.2, -0.15) is 0 Å². The van der Waals surface area contributed by atoms with Crippen molar-refractivity contribution in [2.45, 2.75) is 57.2 Å². The molecule has 1 amide bonds. The zero-order chi connectivity index (χ0) is 13.3. The van der Waals surface area contributed by atoms with E-state index in [9.17, 15) is 14.7 Å². The Morgan fingerprint density at radius 1 is 1.50 bits per heavy atom. The highest BCUT2D eigenvalue weighted by molar-refractivity contribution is 5.82. The van der Waals surface area contributed by atoms with Gasteiger partial charge < -0.3 is 14.9 Å². The summed E-state index contributed by atoms with van der Waals surface area (Å²) in [6, 6.07) is 0.252. The van der Waals surface area contributed by atoms with Crippen LogP contribution in [-0.4, -0.2) is 58.0 Å². The van der Waals surface area contributed by atoms with Crippen molar-refractivity contribution in [2.24, 2.45) is 0 Å². The number of carbonyl (C=O) groups excluding carboxylic acids is 1. The number of rotatable bonds is 4. The van der Waals surface area contributed by atoms with Crippen molar-refractivity contribution in [3.63, 3.8) is 0 Å². The second kappa shape index (κ2) is 4.88. The molecule has 0 aliphatic carbocycles. The molecule has 0 spiro atoms. The van der Waals surface area contributed by atoms with Crippen LogP contribution in [0.3, 0.4) is 0 Å². The predicted molar refractivity (Wildman–Crippen MR) is 67.2 cm³/mol. The average molecular weight is 254 g/mol. The summed E-state index contributed by atoms with van der Waals surface area (Å²) in [6.45, 7) is 5.61. The molecule has 0 saturated carbocycles. The van der Waals surface area contributed by atoms with Gasteiger partial charge in [-0.1, -0.05) is 0 Å². The monoisotopic (exact) mass is 254 g/mol. The fourth-order valence-corrected chi connectivity index (χ4v) is 3.50. The molecule has 0 bridgehead atoms. The van der Waals surface area contributed by atoms with Crippen LogP contribution in [-0.2, 0) is 9.59 Å². The number of aliphatic carboxylic acids is 1. The number of hydrogen-bond donors (Lipinski definition) is 1. The normalized spacial score (nSPS) is 32.3. The van der Waals surface area contributed by atoms with Gasteiger partial charge in [0.1, 0.15) is 5.54 Å². The Balaban J connectivity index is 2.27. The quantitative estimate of drug-likeness (QED) is 0.758. The van der Waals surface area contributed by atoms with Gasteiger partial charge in [0, 0.05) is 18.6 Å². The van der Waals surface area contributed by atoms with E-state index in [1.165, 1.54) is 4.90 Å². The van der Waals surface area contributed by atoms with Gasteiger partial charge in [0.15, 0.2) is 0 Å². The van der Waals surface area contributed by atoms with Gasteiger partial charge in [0.25, 0.3) is 0 Å². The molecule has 2 rings (SSSR count). The minimum absolute atomic E-state index is 0.0773. The van der Waals surface area contributed by atoms with E-state index in [0.29, 0.717) is 25.3 Å². The molecule has 18 heavy (non-hydrogen) atoms. The predicted octanol–water partition coefficient (Wildman–Crippen LogP) is 0.935. The molecule has 2 heterocycles. The van der Waals surface area contributed by atoms with Crippen molar-refractivity contribution >= 4 is 12.4 Å². The number of hydrogen-bond acceptors (Lipinski definition) is 3. The summed E-state index contributed by atoms with van der Waals surface area (Å²) in [5, 5.41) is 9.64. The molecule has 2 atom stereocenters. The van der Waals surface area contributed by atoms with Crippen LogP contribution in [0.2, 0.25) is 0 Å². The highest BCUT2D eigenvalue weighted by Crippen LogP contribution is 2.37. The number of fused-ring (bicyclic) bond motifs is 1. The van der Waals surface area contributed by atoms with Gasteiger partial charge >= 0.3 is 5.97 Å². The fourth-order valence-electron chi connectivity index (χ4n) is 3.50. The second-order valence-corrected chi connectivity index (χ2v) is 5.73. The van der Waals surface area contributed by atoms with Crippen molar-refractivity contribution in [1.29, 1.82) is 0 Å². The summed E-state index contributed by atoms with van der Waals surface area (Å²) in [6.07, 6.45) is 4.02. The first kappa shape index (κ1) is 13.3. The van der Waals surface area contributed by atoms with E-state index in [1.54, 1.807) is 0 Å². The maximum absolute atomic E-state index is 11.8. The van der Waals surface area contributed by atoms with Crippen LogP contribution >= 0.6 is 0 Å². The smallest absolute Gasteiger partial charge is 0.329 e. The van der Waals surface area contributed by atoms with E-state index in [0.717, 1.165) is 25.9 Å². The van der Waals surface area contributed by atoms with Crippen molar-refractivity contribution in [2.75, 3.05) is 13.1 Å². The topological polar surface area (TPSA) is 60.9 Å². The second-order valence-electron chi connectivity index (χ2n) is 5.73. The van der Waals surface area contributed by atoms with Gasteiger partial charge in [0.05, 0.1) is 0 Å². The van der Waals surface area contributed by atoms with Crippen molar-refractivity contribution < 1.29 is 14.7 Å². The molecule has 2 saturated heterocycles. The fraction of sp³-hybridized carbons (Fsp3) is 0.846. The molecule has 0 aromatic rings. The minimum Gasteiger partial charge on any atom is -0.479 e. The summed E-state index contributed by atoms with van der Waals surface area (Å²) < 4.78 is 0. The number of piperidine rings is 1. The molecule has 2 aliphatic rings. The maximum atomic E-state index is 11.8. The first-order valence-corrected chi connectivity index (χ1v) is 6.72. The third-order valence-electron chi connectivity index (χ3n) is 4.45. The van der Waals surface area contributed by atoms with Crippen LogP contribution in [0.25, 0.3) is 0 Å². The van der Waals surface area contributed by atoms with E-state index in [2.05, 4.69) is 4.90 Å². The van der Waals surface area contributed by atoms with E-state index in [4.69, 9.17) is 0 Å². The highest BCUT2D eigenvalue weighted by Gasteiger charge is 2.51. The van der Waals surface area contributed by atoms with Crippen LogP contribution in [0.5, 0.6) is 0 Å². The van der Waals surface area contributed by atoms with E-state index in [1.807, 2.05) is 13.8 Å². The summed E-state index contributed by atoms with van der Waals surface area (Å²) >= 11 is 0. The third-order valence-corrected chi connectivity index (χ3v) is 4.45. The summed E-state index contributed by atoms with van der Waals surface area (Å²) in [4.78, 5) is 26.9. The lowest BCUT2D eigenvalue weighted by Gasteiger charge is -2.47. The Bertz CT molecular complexity index is 345. The van der Waals surface area contributed by atoms with Crippen molar-refractivity contribution in [1.82, 2.24) is 9.80 Å². The van der Waals surface area contributed by atoms with Crippen molar-refractivity contribution in [3.8, 4) is 0 Å². The third kappa shape index (κ3) is 2.00. The van der Waals surface area contributed by atoms with Gasteiger partial charge in [-0.05, 0) is 46.1 Å². The summed E-state index contributed by atoms with van der Waals surface area (Å²) in [5.74, 6) is -0.852. The number of carboxylic acids is 1. The molecule has 5 heteroatoms. The number of carbonyl (C=O) groups is 2. The van der Waals surface area contributed by atoms with Crippen molar-refractivity contribution in [3.05, 3.63) is 0 Å². The van der Waals surface area contributed by atoms with Crippen LogP contribution in [0.1, 0.15) is 39.5 Å². The van der Waals surface area contributed by atoms with Gasteiger partial charge in [0.2, 0.25) is 6.41 Å². The zero-order valence-electron chi connectivity index (χ0n) is 11.1. The highest BCUT2D eigenvalue weighted by atomic mass is 16.4. The molecule has 2 unspecified atom stereocenters. The largest absolute Gasteiger partial charge is 0.479 e. The number of amides is 1.